The lowest BCUT2D eigenvalue weighted by atomic mass is 10.2. The van der Waals surface area contributed by atoms with E-state index >= 15 is 0 Å². The van der Waals surface area contributed by atoms with Crippen molar-refractivity contribution in [2.45, 2.75) is 19.6 Å². The fourth-order valence-electron chi connectivity index (χ4n) is 2.97. The maximum Gasteiger partial charge on any atom is 0.513 e. The number of hydrogen-bond acceptors (Lipinski definition) is 6. The summed E-state index contributed by atoms with van der Waals surface area (Å²) in [6, 6.07) is 26.2. The molecule has 0 saturated heterocycles. The molecule has 0 aliphatic rings. The monoisotopic (exact) mass is 475 g/mol. The van der Waals surface area contributed by atoms with Crippen LogP contribution in [-0.2, 0) is 18.2 Å². The first-order valence-corrected chi connectivity index (χ1v) is 13.4. The molecule has 9 heteroatoms. The summed E-state index contributed by atoms with van der Waals surface area (Å²) in [6.45, 7) is 3.72. The maximum absolute atomic E-state index is 14.0. The fraction of sp³-hybridized carbons (Fsp3) is 0.217. The predicted molar refractivity (Wildman–Crippen MR) is 125 cm³/mol. The van der Waals surface area contributed by atoms with Crippen molar-refractivity contribution in [3.63, 3.8) is 0 Å². The summed E-state index contributed by atoms with van der Waals surface area (Å²) < 4.78 is 50.5. The van der Waals surface area contributed by atoms with Crippen molar-refractivity contribution in [1.82, 2.24) is 5.09 Å². The molecular weight excluding hydrogens is 448 g/mol. The number of nitrogens with one attached hydrogen (secondary N) is 1. The fourth-order valence-corrected chi connectivity index (χ4v) is 6.98. The van der Waals surface area contributed by atoms with Crippen LogP contribution in [0.1, 0.15) is 25.2 Å². The molecule has 1 atom stereocenters. The topological polar surface area (TPSA) is 83.1 Å². The molecule has 3 aromatic carbocycles. The molecule has 170 valence electrons. The third-order valence-electron chi connectivity index (χ3n) is 4.27. The standard InChI is InChI=1S/C23H27NO6P2/c1-3-27-31(25,28-4-2)23(20-14-8-5-9-15-20)24-32(26,29-21-16-10-6-11-17-21)30-22-18-12-7-13-19-22/h5-19,23H,3-4H2,1-2H3,(H,24,26). The summed E-state index contributed by atoms with van der Waals surface area (Å²) in [5, 5.41) is 2.85. The number of rotatable bonds is 12. The first-order valence-electron chi connectivity index (χ1n) is 10.3. The summed E-state index contributed by atoms with van der Waals surface area (Å²) in [6.07, 6.45) is 0. The van der Waals surface area contributed by atoms with Gasteiger partial charge in [-0.05, 0) is 43.7 Å². The Morgan fingerprint density at radius 2 is 1.09 bits per heavy atom. The second-order valence-electron chi connectivity index (χ2n) is 6.62. The van der Waals surface area contributed by atoms with Crippen LogP contribution in [-0.4, -0.2) is 13.2 Å². The average molecular weight is 475 g/mol. The molecule has 0 aliphatic carbocycles. The summed E-state index contributed by atoms with van der Waals surface area (Å²) >= 11 is 0. The van der Waals surface area contributed by atoms with Gasteiger partial charge in [0.25, 0.3) is 0 Å². The normalized spacial score (nSPS) is 12.8. The van der Waals surface area contributed by atoms with Crippen molar-refractivity contribution >= 4 is 15.3 Å². The van der Waals surface area contributed by atoms with E-state index in [0.717, 1.165) is 0 Å². The number of benzene rings is 3. The highest BCUT2D eigenvalue weighted by Gasteiger charge is 2.44. The second-order valence-corrected chi connectivity index (χ2v) is 10.4. The van der Waals surface area contributed by atoms with Gasteiger partial charge in [0.1, 0.15) is 17.3 Å². The summed E-state index contributed by atoms with van der Waals surface area (Å²) in [4.78, 5) is 0. The van der Waals surface area contributed by atoms with Crippen LogP contribution in [0.4, 0.5) is 0 Å². The van der Waals surface area contributed by atoms with E-state index in [1.807, 2.05) is 18.2 Å². The van der Waals surface area contributed by atoms with Crippen LogP contribution >= 0.6 is 15.3 Å². The molecule has 0 saturated carbocycles. The Morgan fingerprint density at radius 1 is 0.688 bits per heavy atom. The second kappa shape index (κ2) is 11.5. The van der Waals surface area contributed by atoms with E-state index in [1.165, 1.54) is 0 Å². The highest BCUT2D eigenvalue weighted by Crippen LogP contribution is 2.63. The molecule has 32 heavy (non-hydrogen) atoms. The molecule has 1 unspecified atom stereocenters. The Kier molecular flexibility index (Phi) is 8.68. The SMILES string of the molecule is CCOP(=O)(OCC)C(NP(=O)(Oc1ccccc1)Oc1ccccc1)c1ccccc1. The molecule has 0 radical (unpaired) electrons. The van der Waals surface area contributed by atoms with E-state index in [4.69, 9.17) is 18.1 Å². The molecule has 1 N–H and O–H groups in total. The van der Waals surface area contributed by atoms with Crippen LogP contribution in [0.3, 0.4) is 0 Å². The van der Waals surface area contributed by atoms with Crippen LogP contribution in [0.5, 0.6) is 11.5 Å². The van der Waals surface area contributed by atoms with Crippen molar-refractivity contribution in [3.05, 3.63) is 96.6 Å². The quantitative estimate of drug-likeness (QED) is 0.288. The van der Waals surface area contributed by atoms with E-state index in [-0.39, 0.29) is 13.2 Å². The summed E-state index contributed by atoms with van der Waals surface area (Å²) in [5.41, 5.74) is 0.561. The Morgan fingerprint density at radius 3 is 1.50 bits per heavy atom. The number of hydrogen-bond donors (Lipinski definition) is 1. The zero-order valence-corrected chi connectivity index (χ0v) is 19.8. The molecule has 0 aromatic heterocycles. The summed E-state index contributed by atoms with van der Waals surface area (Å²) in [7, 11) is -7.91. The molecule has 0 aliphatic heterocycles. The van der Waals surface area contributed by atoms with Crippen molar-refractivity contribution in [3.8, 4) is 11.5 Å². The smallest absolute Gasteiger partial charge is 0.405 e. The Labute approximate surface area is 188 Å². The van der Waals surface area contributed by atoms with Gasteiger partial charge in [0.05, 0.1) is 13.2 Å². The molecule has 0 amide bonds. The van der Waals surface area contributed by atoms with Crippen LogP contribution in [0.15, 0.2) is 91.0 Å². The van der Waals surface area contributed by atoms with Gasteiger partial charge in [-0.2, -0.15) is 5.09 Å². The average Bonchev–Trinajstić information content (AvgIpc) is 2.80. The van der Waals surface area contributed by atoms with Crippen molar-refractivity contribution in [1.29, 1.82) is 0 Å². The highest BCUT2D eigenvalue weighted by atomic mass is 31.2. The van der Waals surface area contributed by atoms with Gasteiger partial charge in [-0.3, -0.25) is 4.57 Å². The van der Waals surface area contributed by atoms with E-state index in [0.29, 0.717) is 17.1 Å². The van der Waals surface area contributed by atoms with E-state index in [1.54, 1.807) is 86.6 Å². The van der Waals surface area contributed by atoms with Gasteiger partial charge in [-0.15, -0.1) is 0 Å². The predicted octanol–water partition coefficient (Wildman–Crippen LogP) is 6.81. The molecule has 0 fully saturated rings. The van der Waals surface area contributed by atoms with Gasteiger partial charge in [-0.25, -0.2) is 4.57 Å². The Balaban J connectivity index is 2.04. The largest absolute Gasteiger partial charge is 0.513 e. The number of para-hydroxylation sites is 2. The van der Waals surface area contributed by atoms with Crippen molar-refractivity contribution < 1.29 is 27.2 Å². The zero-order chi connectivity index (χ0) is 22.9. The van der Waals surface area contributed by atoms with E-state index < -0.39 is 21.1 Å². The lowest BCUT2D eigenvalue weighted by Crippen LogP contribution is -2.25. The van der Waals surface area contributed by atoms with Gasteiger partial charge in [0.15, 0.2) is 0 Å². The van der Waals surface area contributed by atoms with E-state index in [9.17, 15) is 9.13 Å². The van der Waals surface area contributed by atoms with Crippen LogP contribution < -0.4 is 14.1 Å². The lowest BCUT2D eigenvalue weighted by Gasteiger charge is -2.30. The highest BCUT2D eigenvalue weighted by molar-refractivity contribution is 7.57. The minimum Gasteiger partial charge on any atom is -0.405 e. The van der Waals surface area contributed by atoms with Crippen LogP contribution in [0.25, 0.3) is 0 Å². The van der Waals surface area contributed by atoms with E-state index in [2.05, 4.69) is 5.09 Å². The molecule has 7 nitrogen and oxygen atoms in total. The first kappa shape index (κ1) is 24.2. The molecule has 0 spiro atoms. The molecule has 3 aromatic rings. The third-order valence-corrected chi connectivity index (χ3v) is 8.24. The van der Waals surface area contributed by atoms with Gasteiger partial charge in [-0.1, -0.05) is 66.7 Å². The Hall–Kier alpha value is -2.40. The Bertz CT molecular complexity index is 994. The maximum atomic E-state index is 14.0. The van der Waals surface area contributed by atoms with Gasteiger partial charge < -0.3 is 18.1 Å². The first-order chi connectivity index (χ1) is 15.5. The van der Waals surface area contributed by atoms with Crippen molar-refractivity contribution in [2.24, 2.45) is 0 Å². The van der Waals surface area contributed by atoms with Crippen LogP contribution in [0.2, 0.25) is 0 Å². The molecule has 0 heterocycles. The summed E-state index contributed by atoms with van der Waals surface area (Å²) in [5.74, 6) is -0.440. The molecule has 3 rings (SSSR count). The van der Waals surface area contributed by atoms with Crippen molar-refractivity contribution in [2.75, 3.05) is 13.2 Å². The lowest BCUT2D eigenvalue weighted by molar-refractivity contribution is 0.208. The molecule has 0 bridgehead atoms. The molecular formula is C23H27NO6P2. The van der Waals surface area contributed by atoms with Gasteiger partial charge in [0, 0.05) is 0 Å². The van der Waals surface area contributed by atoms with Gasteiger partial charge in [0.2, 0.25) is 0 Å². The zero-order valence-electron chi connectivity index (χ0n) is 18.0. The minimum absolute atomic E-state index is 0.145. The van der Waals surface area contributed by atoms with Crippen LogP contribution in [0, 0.1) is 0 Å². The van der Waals surface area contributed by atoms with Gasteiger partial charge >= 0.3 is 15.3 Å². The minimum atomic E-state index is -4.11. The third kappa shape index (κ3) is 6.55.